The normalized spacial score (nSPS) is 24.8. The Bertz CT molecular complexity index is 579. The van der Waals surface area contributed by atoms with Crippen LogP contribution in [0.15, 0.2) is 17.4 Å². The molecule has 1 saturated heterocycles. The van der Waals surface area contributed by atoms with E-state index in [4.69, 9.17) is 4.84 Å². The highest BCUT2D eigenvalue weighted by Crippen LogP contribution is 2.45. The number of carbonyl (C=O) groups excluding carboxylic acids is 1. The molecule has 0 aliphatic carbocycles. The molecule has 6 nitrogen and oxygen atoms in total. The van der Waals surface area contributed by atoms with Crippen LogP contribution in [0, 0.1) is 0 Å². The van der Waals surface area contributed by atoms with E-state index in [-0.39, 0.29) is 29.6 Å². The molecule has 2 bridgehead atoms. The summed E-state index contributed by atoms with van der Waals surface area (Å²) in [5.74, 6) is 0. The van der Waals surface area contributed by atoms with Gasteiger partial charge < -0.3 is 9.88 Å². The fraction of sp³-hybridized carbons (Fsp3) is 0.500. The average molecular weight is 281 g/mol. The van der Waals surface area contributed by atoms with E-state index >= 15 is 0 Å². The first-order valence-electron chi connectivity index (χ1n) is 6.24. The summed E-state index contributed by atoms with van der Waals surface area (Å²) in [4.78, 5) is 34.8. The molecule has 1 fully saturated rings. The first-order chi connectivity index (χ1) is 9.17. The van der Waals surface area contributed by atoms with Gasteiger partial charge >= 0.3 is 10.9 Å². The summed E-state index contributed by atoms with van der Waals surface area (Å²) in [5.41, 5.74) is 0.867. The molecule has 1 N–H and O–H groups in total. The van der Waals surface area contributed by atoms with Crippen molar-refractivity contribution in [3.8, 4) is 0 Å². The maximum atomic E-state index is 12.3. The summed E-state index contributed by atoms with van der Waals surface area (Å²) in [7, 11) is 0. The Morgan fingerprint density at radius 2 is 2.37 bits per heavy atom. The molecule has 19 heavy (non-hydrogen) atoms. The fourth-order valence-electron chi connectivity index (χ4n) is 2.75. The fourth-order valence-corrected chi connectivity index (χ4v) is 3.72. The maximum absolute atomic E-state index is 12.3. The van der Waals surface area contributed by atoms with E-state index in [2.05, 4.69) is 11.6 Å². The van der Waals surface area contributed by atoms with E-state index in [1.807, 2.05) is 6.92 Å². The second kappa shape index (κ2) is 4.50. The Kier molecular flexibility index (Phi) is 2.94. The zero-order valence-electron chi connectivity index (χ0n) is 10.6. The van der Waals surface area contributed by atoms with E-state index in [0.29, 0.717) is 6.54 Å². The molecule has 0 aromatic carbocycles. The van der Waals surface area contributed by atoms with Crippen LogP contribution in [0.1, 0.15) is 36.0 Å². The molecule has 1 aromatic rings. The molecular formula is C12H15N3O3S. The van der Waals surface area contributed by atoms with Crippen LogP contribution in [0.3, 0.4) is 0 Å². The SMILES string of the molecule is C=CCON1C(=O)N2CC1c1sc(=O)[nH]c1[C@H]2CC. The van der Waals surface area contributed by atoms with Gasteiger partial charge in [-0.1, -0.05) is 24.3 Å². The minimum absolute atomic E-state index is 0.0602. The number of aromatic amines is 1. The zero-order chi connectivity index (χ0) is 13.6. The van der Waals surface area contributed by atoms with Gasteiger partial charge in [0.1, 0.15) is 6.04 Å². The van der Waals surface area contributed by atoms with Crippen molar-refractivity contribution in [1.29, 1.82) is 0 Å². The first kappa shape index (κ1) is 12.4. The molecule has 7 heteroatoms. The van der Waals surface area contributed by atoms with Gasteiger partial charge in [0.15, 0.2) is 0 Å². The average Bonchev–Trinajstić information content (AvgIpc) is 2.90. The van der Waals surface area contributed by atoms with Crippen LogP contribution in [0.2, 0.25) is 0 Å². The predicted molar refractivity (Wildman–Crippen MR) is 70.8 cm³/mol. The third kappa shape index (κ3) is 1.73. The highest BCUT2D eigenvalue weighted by molar-refractivity contribution is 7.09. The summed E-state index contributed by atoms with van der Waals surface area (Å²) in [6.07, 6.45) is 2.37. The van der Waals surface area contributed by atoms with Gasteiger partial charge in [0.05, 0.1) is 29.8 Å². The van der Waals surface area contributed by atoms with Gasteiger partial charge in [0, 0.05) is 0 Å². The summed E-state index contributed by atoms with van der Waals surface area (Å²) in [6, 6.07) is -0.382. The first-order valence-corrected chi connectivity index (χ1v) is 7.05. The number of hydroxylamine groups is 2. The van der Waals surface area contributed by atoms with E-state index < -0.39 is 0 Å². The van der Waals surface area contributed by atoms with Crippen LogP contribution in [0.5, 0.6) is 0 Å². The molecule has 1 aromatic heterocycles. The number of rotatable bonds is 4. The lowest BCUT2D eigenvalue weighted by atomic mass is 10.0. The number of hydrogen-bond acceptors (Lipinski definition) is 4. The molecule has 2 amide bonds. The number of amides is 2. The van der Waals surface area contributed by atoms with Crippen molar-refractivity contribution in [2.24, 2.45) is 0 Å². The standard InChI is InChI=1S/C12H15N3O3S/c1-3-5-18-15-8-6-14(12(15)17)7(4-2)9-10(8)19-11(16)13-9/h3,7-8H,1,4-6H2,2H3,(H,13,16)/t7-,8?/m1/s1. The van der Waals surface area contributed by atoms with Crippen molar-refractivity contribution in [2.75, 3.05) is 13.2 Å². The van der Waals surface area contributed by atoms with Crippen LogP contribution in [0.4, 0.5) is 4.79 Å². The second-order valence-electron chi connectivity index (χ2n) is 4.58. The van der Waals surface area contributed by atoms with Crippen LogP contribution in [0.25, 0.3) is 0 Å². The number of hydrogen-bond donors (Lipinski definition) is 1. The second-order valence-corrected chi connectivity index (χ2v) is 5.59. The minimum Gasteiger partial charge on any atom is -0.314 e. The molecule has 2 atom stereocenters. The lowest BCUT2D eigenvalue weighted by molar-refractivity contribution is -0.118. The highest BCUT2D eigenvalue weighted by atomic mass is 32.1. The van der Waals surface area contributed by atoms with Crippen molar-refractivity contribution < 1.29 is 9.63 Å². The van der Waals surface area contributed by atoms with Gasteiger partial charge in [-0.3, -0.25) is 9.63 Å². The summed E-state index contributed by atoms with van der Waals surface area (Å²) in [6.45, 7) is 6.44. The van der Waals surface area contributed by atoms with Crippen LogP contribution in [-0.4, -0.2) is 34.1 Å². The van der Waals surface area contributed by atoms with Gasteiger partial charge in [0.25, 0.3) is 0 Å². The Balaban J connectivity index is 2.03. The van der Waals surface area contributed by atoms with Crippen molar-refractivity contribution in [3.63, 3.8) is 0 Å². The Hall–Kier alpha value is -1.60. The van der Waals surface area contributed by atoms with Crippen LogP contribution < -0.4 is 4.87 Å². The van der Waals surface area contributed by atoms with Gasteiger partial charge in [-0.25, -0.2) is 4.79 Å². The Morgan fingerprint density at radius 3 is 3.05 bits per heavy atom. The van der Waals surface area contributed by atoms with Crippen molar-refractivity contribution in [2.45, 2.75) is 25.4 Å². The quantitative estimate of drug-likeness (QED) is 0.856. The molecular weight excluding hydrogens is 266 g/mol. The minimum atomic E-state index is -0.186. The monoisotopic (exact) mass is 281 g/mol. The number of aromatic nitrogens is 1. The largest absolute Gasteiger partial charge is 0.345 e. The van der Waals surface area contributed by atoms with Crippen molar-refractivity contribution in [1.82, 2.24) is 14.9 Å². The van der Waals surface area contributed by atoms with Crippen LogP contribution >= 0.6 is 11.3 Å². The lowest BCUT2D eigenvalue weighted by Gasteiger charge is -2.28. The van der Waals surface area contributed by atoms with Crippen LogP contribution in [-0.2, 0) is 4.84 Å². The zero-order valence-corrected chi connectivity index (χ0v) is 11.4. The molecule has 0 spiro atoms. The number of urea groups is 1. The molecule has 3 rings (SSSR count). The number of fused-ring (bicyclic) bond motifs is 4. The maximum Gasteiger partial charge on any atom is 0.345 e. The molecule has 1 unspecified atom stereocenters. The lowest BCUT2D eigenvalue weighted by Crippen LogP contribution is -2.34. The molecule has 0 radical (unpaired) electrons. The van der Waals surface area contributed by atoms with Crippen molar-refractivity contribution >= 4 is 17.4 Å². The molecule has 3 heterocycles. The Morgan fingerprint density at radius 1 is 1.58 bits per heavy atom. The third-order valence-corrected chi connectivity index (χ3v) is 4.52. The number of carbonyl (C=O) groups is 1. The summed E-state index contributed by atoms with van der Waals surface area (Å²) >= 11 is 1.17. The molecule has 2 aliphatic rings. The van der Waals surface area contributed by atoms with Gasteiger partial charge in [-0.2, -0.15) is 5.06 Å². The molecule has 0 saturated carbocycles. The number of H-pyrrole nitrogens is 1. The molecule has 2 aliphatic heterocycles. The van der Waals surface area contributed by atoms with Gasteiger partial charge in [0.2, 0.25) is 0 Å². The summed E-state index contributed by atoms with van der Waals surface area (Å²) in [5, 5.41) is 1.37. The van der Waals surface area contributed by atoms with E-state index in [1.165, 1.54) is 16.4 Å². The third-order valence-electron chi connectivity index (χ3n) is 3.52. The molecule has 102 valence electrons. The number of nitrogens with zero attached hydrogens (tertiary/aromatic N) is 2. The van der Waals surface area contributed by atoms with E-state index in [0.717, 1.165) is 17.0 Å². The van der Waals surface area contributed by atoms with Gasteiger partial charge in [-0.05, 0) is 6.42 Å². The smallest absolute Gasteiger partial charge is 0.314 e. The Labute approximate surface area is 114 Å². The number of thiazole rings is 1. The highest BCUT2D eigenvalue weighted by Gasteiger charge is 2.49. The van der Waals surface area contributed by atoms with Crippen molar-refractivity contribution in [3.05, 3.63) is 32.9 Å². The predicted octanol–water partition coefficient (Wildman–Crippen LogP) is 1.80. The number of nitrogens with one attached hydrogen (secondary N) is 1. The van der Waals surface area contributed by atoms with E-state index in [9.17, 15) is 9.59 Å². The summed E-state index contributed by atoms with van der Waals surface area (Å²) < 4.78 is 0. The topological polar surface area (TPSA) is 65.6 Å². The van der Waals surface area contributed by atoms with Gasteiger partial charge in [-0.15, -0.1) is 6.58 Å². The van der Waals surface area contributed by atoms with E-state index in [1.54, 1.807) is 11.0 Å².